The summed E-state index contributed by atoms with van der Waals surface area (Å²) in [5, 5.41) is 16.5. The highest BCUT2D eigenvalue weighted by Crippen LogP contribution is 2.32. The van der Waals surface area contributed by atoms with Gasteiger partial charge in [0.05, 0.1) is 22.7 Å². The number of anilines is 1. The maximum absolute atomic E-state index is 12.8. The lowest BCUT2D eigenvalue weighted by atomic mass is 10.1. The molecule has 1 unspecified atom stereocenters. The first-order chi connectivity index (χ1) is 16.1. The van der Waals surface area contributed by atoms with E-state index in [0.717, 1.165) is 24.1 Å². The van der Waals surface area contributed by atoms with E-state index in [2.05, 4.69) is 40.6 Å². The molecule has 172 valence electrons. The molecule has 2 aromatic carbocycles. The smallest absolute Gasteiger partial charge is 0.248 e. The lowest BCUT2D eigenvalue weighted by molar-refractivity contribution is 0.0929. The Hall–Kier alpha value is -2.40. The van der Waals surface area contributed by atoms with E-state index in [-0.39, 0.29) is 0 Å². The topological polar surface area (TPSA) is 98.3 Å². The van der Waals surface area contributed by atoms with E-state index >= 15 is 0 Å². The van der Waals surface area contributed by atoms with Crippen LogP contribution in [0, 0.1) is 5.41 Å². The van der Waals surface area contributed by atoms with E-state index < -0.39 is 11.0 Å². The number of hydrogen-bond acceptors (Lipinski definition) is 7. The second kappa shape index (κ2) is 9.84. The van der Waals surface area contributed by atoms with Crippen molar-refractivity contribution in [2.24, 2.45) is 0 Å². The van der Waals surface area contributed by atoms with Gasteiger partial charge in [-0.15, -0.1) is 10.2 Å². The maximum atomic E-state index is 12.8. The van der Waals surface area contributed by atoms with Crippen LogP contribution in [0.15, 0.2) is 56.2 Å². The van der Waals surface area contributed by atoms with Crippen molar-refractivity contribution in [2.75, 3.05) is 30.9 Å². The Bertz CT molecular complexity index is 1170. The molecule has 5 rings (SSSR count). The van der Waals surface area contributed by atoms with Gasteiger partial charge in [0.15, 0.2) is 0 Å². The molecule has 33 heavy (non-hydrogen) atoms. The van der Waals surface area contributed by atoms with Gasteiger partial charge in [0.2, 0.25) is 11.8 Å². The molecule has 2 fully saturated rings. The van der Waals surface area contributed by atoms with Gasteiger partial charge in [-0.3, -0.25) is 9.80 Å². The maximum Gasteiger partial charge on any atom is 0.248 e. The number of piperazine rings is 1. The van der Waals surface area contributed by atoms with Gasteiger partial charge in [0.1, 0.15) is 11.0 Å². The average Bonchev–Trinajstić information content (AvgIpc) is 3.48. The molecule has 0 aliphatic carbocycles. The highest BCUT2D eigenvalue weighted by molar-refractivity contribution is 9.10. The predicted octanol–water partition coefficient (Wildman–Crippen LogP) is 3.91. The Kier molecular flexibility index (Phi) is 6.68. The number of hydrogen-bond donors (Lipinski definition) is 2. The molecule has 2 saturated heterocycles. The van der Waals surface area contributed by atoms with E-state index in [4.69, 9.17) is 9.83 Å². The summed E-state index contributed by atoms with van der Waals surface area (Å²) >= 11 is 3.52. The Labute approximate surface area is 203 Å². The van der Waals surface area contributed by atoms with Crippen molar-refractivity contribution in [3.8, 4) is 11.5 Å². The summed E-state index contributed by atoms with van der Waals surface area (Å²) in [4.78, 5) is 5.59. The zero-order chi connectivity index (χ0) is 22.8. The zero-order valence-corrected chi connectivity index (χ0v) is 20.4. The van der Waals surface area contributed by atoms with Crippen LogP contribution >= 0.6 is 15.9 Å². The molecule has 8 nitrogen and oxygen atoms in total. The van der Waals surface area contributed by atoms with E-state index in [9.17, 15) is 4.21 Å². The number of nitrogens with zero attached hydrogens (tertiary/aromatic N) is 4. The molecule has 0 amide bonds. The van der Waals surface area contributed by atoms with Gasteiger partial charge in [0, 0.05) is 41.9 Å². The molecule has 0 radical (unpaired) electrons. The van der Waals surface area contributed by atoms with Crippen molar-refractivity contribution in [1.82, 2.24) is 20.0 Å². The Morgan fingerprint density at radius 3 is 2.88 bits per heavy atom. The van der Waals surface area contributed by atoms with Gasteiger partial charge in [-0.05, 0) is 43.7 Å². The molecule has 2 atom stereocenters. The molecule has 2 aliphatic rings. The number of aromatic nitrogens is 2. The second-order valence-electron chi connectivity index (χ2n) is 8.31. The van der Waals surface area contributed by atoms with Crippen molar-refractivity contribution in [3.05, 3.63) is 58.4 Å². The summed E-state index contributed by atoms with van der Waals surface area (Å²) < 4.78 is 22.6. The Balaban J connectivity index is 1.36. The monoisotopic (exact) mass is 528 g/mol. The zero-order valence-electron chi connectivity index (χ0n) is 18.0. The molecule has 0 saturated carbocycles. The molecule has 3 aromatic rings. The number of halogens is 1. The minimum Gasteiger partial charge on any atom is -0.419 e. The fraction of sp³-hybridized carbons (Fsp3) is 0.348. The second-order valence-corrected chi connectivity index (χ2v) is 10.4. The summed E-state index contributed by atoms with van der Waals surface area (Å²) in [6.45, 7) is 4.94. The van der Waals surface area contributed by atoms with Crippen LogP contribution in [0.25, 0.3) is 11.5 Å². The minimum atomic E-state index is -1.47. The fourth-order valence-electron chi connectivity index (χ4n) is 4.55. The lowest BCUT2D eigenvalue weighted by Crippen LogP contribution is -2.49. The van der Waals surface area contributed by atoms with Crippen molar-refractivity contribution in [3.63, 3.8) is 0 Å². The number of fused-ring (bicyclic) bond motifs is 1. The van der Waals surface area contributed by atoms with Crippen molar-refractivity contribution >= 4 is 38.8 Å². The molecule has 0 bridgehead atoms. The third-order valence-corrected chi connectivity index (χ3v) is 7.74. The van der Waals surface area contributed by atoms with Crippen LogP contribution in [0.1, 0.15) is 24.3 Å². The molecular formula is C23H25BrN6O2S. The van der Waals surface area contributed by atoms with Crippen LogP contribution in [0.5, 0.6) is 0 Å². The Morgan fingerprint density at radius 1 is 1.21 bits per heavy atom. The molecule has 0 spiro atoms. The first kappa shape index (κ1) is 22.4. The first-order valence-corrected chi connectivity index (χ1v) is 12.9. The van der Waals surface area contributed by atoms with Crippen LogP contribution in [0.3, 0.4) is 0 Å². The van der Waals surface area contributed by atoms with Crippen LogP contribution in [0.2, 0.25) is 0 Å². The number of benzene rings is 2. The summed E-state index contributed by atoms with van der Waals surface area (Å²) in [7, 11) is -1.47. The van der Waals surface area contributed by atoms with Gasteiger partial charge < -0.3 is 14.5 Å². The molecule has 2 aliphatic heterocycles. The minimum absolute atomic E-state index is 0.345. The average molecular weight is 529 g/mol. The molecular weight excluding hydrogens is 504 g/mol. The Morgan fingerprint density at radius 2 is 2.06 bits per heavy atom. The molecule has 2 N–H and O–H groups in total. The standard InChI is InChI=1S/C23H25BrN6O2S/c24-16-11-19(20(13-25)21(12-16)28-33(31)18-6-2-1-3-7-18)23-27-26-22(32-23)15-29-9-10-30-8-4-5-17(30)14-29/h1-3,6-7,11-13,17,25,28H,4-5,8-10,14-15H2/t17-,33?/m0/s1. The van der Waals surface area contributed by atoms with E-state index in [0.29, 0.717) is 46.1 Å². The molecule has 3 heterocycles. The van der Waals surface area contributed by atoms with Gasteiger partial charge in [-0.2, -0.15) is 0 Å². The number of rotatable bonds is 7. The molecule has 10 heteroatoms. The van der Waals surface area contributed by atoms with E-state index in [1.807, 2.05) is 24.3 Å². The summed E-state index contributed by atoms with van der Waals surface area (Å²) in [6, 6.07) is 13.4. The highest BCUT2D eigenvalue weighted by Gasteiger charge is 2.31. The van der Waals surface area contributed by atoms with Gasteiger partial charge >= 0.3 is 0 Å². The molecule has 1 aromatic heterocycles. The van der Waals surface area contributed by atoms with Crippen LogP contribution in [0.4, 0.5) is 5.69 Å². The third kappa shape index (κ3) is 4.93. The van der Waals surface area contributed by atoms with Gasteiger partial charge in [0.25, 0.3) is 0 Å². The van der Waals surface area contributed by atoms with Crippen molar-refractivity contribution in [2.45, 2.75) is 30.3 Å². The van der Waals surface area contributed by atoms with Crippen LogP contribution in [-0.4, -0.2) is 62.6 Å². The largest absolute Gasteiger partial charge is 0.419 e. The van der Waals surface area contributed by atoms with Crippen molar-refractivity contribution in [1.29, 1.82) is 5.41 Å². The van der Waals surface area contributed by atoms with Crippen molar-refractivity contribution < 1.29 is 8.63 Å². The van der Waals surface area contributed by atoms with Gasteiger partial charge in [-0.1, -0.05) is 34.1 Å². The summed E-state index contributed by atoms with van der Waals surface area (Å²) in [5.41, 5.74) is 1.71. The number of nitrogens with one attached hydrogen (secondary N) is 2. The predicted molar refractivity (Wildman–Crippen MR) is 132 cm³/mol. The van der Waals surface area contributed by atoms with E-state index in [1.54, 1.807) is 18.2 Å². The lowest BCUT2D eigenvalue weighted by Gasteiger charge is -2.36. The summed E-state index contributed by atoms with van der Waals surface area (Å²) in [5.74, 6) is 0.910. The summed E-state index contributed by atoms with van der Waals surface area (Å²) in [6.07, 6.45) is 3.76. The fourth-order valence-corrected chi connectivity index (χ4v) is 5.90. The van der Waals surface area contributed by atoms with Gasteiger partial charge in [-0.25, -0.2) is 4.21 Å². The van der Waals surface area contributed by atoms with Crippen LogP contribution < -0.4 is 4.72 Å². The van der Waals surface area contributed by atoms with Crippen LogP contribution in [-0.2, 0) is 17.5 Å². The quantitative estimate of drug-likeness (QED) is 0.451. The third-order valence-electron chi connectivity index (χ3n) is 6.18. The first-order valence-electron chi connectivity index (χ1n) is 11.0. The highest BCUT2D eigenvalue weighted by atomic mass is 79.9. The SMILES string of the molecule is N=Cc1c(NS(=O)c2ccccc2)cc(Br)cc1-c1nnc(CN2CCN3CCC[C@H]3C2)o1. The van der Waals surface area contributed by atoms with E-state index in [1.165, 1.54) is 25.6 Å². The normalized spacial score (nSPS) is 19.8.